The number of anilines is 2. The van der Waals surface area contributed by atoms with Gasteiger partial charge in [-0.25, -0.2) is 9.97 Å². The maximum atomic E-state index is 8.54. The number of nitrogens with one attached hydrogen (secondary N) is 1. The second kappa shape index (κ2) is 8.04. The Morgan fingerprint density at radius 1 is 1.39 bits per heavy atom. The van der Waals surface area contributed by atoms with Crippen LogP contribution in [0.5, 0.6) is 0 Å². The molecule has 0 saturated carbocycles. The van der Waals surface area contributed by atoms with E-state index < -0.39 is 0 Å². The maximum absolute atomic E-state index is 8.54. The van der Waals surface area contributed by atoms with E-state index in [1.54, 1.807) is 7.11 Å². The molecule has 0 unspecified atom stereocenters. The summed E-state index contributed by atoms with van der Waals surface area (Å²) in [5.74, 6) is 0.908. The first-order valence-electron chi connectivity index (χ1n) is 5.42. The first-order valence-corrected chi connectivity index (χ1v) is 5.80. The highest BCUT2D eigenvalue weighted by molar-refractivity contribution is 6.32. The van der Waals surface area contributed by atoms with Crippen LogP contribution in [0.2, 0.25) is 5.15 Å². The molecular weight excluding hydrogens is 260 g/mol. The van der Waals surface area contributed by atoms with Crippen LogP contribution in [0.15, 0.2) is 0 Å². The molecule has 0 fully saturated rings. The lowest BCUT2D eigenvalue weighted by molar-refractivity contribution is 0.0992. The minimum absolute atomic E-state index is 0.000535. The van der Waals surface area contributed by atoms with Crippen molar-refractivity contribution in [3.63, 3.8) is 0 Å². The number of nitrogens with two attached hydrogens (primary N) is 1. The monoisotopic (exact) mass is 276 g/mol. The minimum atomic E-state index is -0.000535. The number of hydrogen-bond acceptors (Lipinski definition) is 7. The Morgan fingerprint density at radius 3 is 2.83 bits per heavy atom. The van der Waals surface area contributed by atoms with Gasteiger partial charge in [0, 0.05) is 13.7 Å². The molecule has 1 aromatic rings. The Hall–Kier alpha value is -1.15. The number of aliphatic hydroxyl groups is 1. The van der Waals surface area contributed by atoms with E-state index in [-0.39, 0.29) is 18.4 Å². The van der Waals surface area contributed by atoms with Gasteiger partial charge in [0.1, 0.15) is 12.3 Å². The summed E-state index contributed by atoms with van der Waals surface area (Å²) < 4.78 is 10.0. The summed E-state index contributed by atoms with van der Waals surface area (Å²) in [5, 5.41) is 11.7. The van der Waals surface area contributed by atoms with Crippen LogP contribution in [0, 0.1) is 0 Å². The summed E-state index contributed by atoms with van der Waals surface area (Å²) in [7, 11) is 1.55. The van der Waals surface area contributed by atoms with E-state index in [1.165, 1.54) is 0 Å². The van der Waals surface area contributed by atoms with E-state index in [4.69, 9.17) is 31.9 Å². The molecular formula is C10H17ClN4O3. The Bertz CT molecular complexity index is 378. The molecule has 1 aromatic heterocycles. The van der Waals surface area contributed by atoms with Crippen LogP contribution < -0.4 is 11.1 Å². The number of aromatic nitrogens is 2. The predicted molar refractivity (Wildman–Crippen MR) is 68.6 cm³/mol. The molecule has 0 spiro atoms. The number of hydrogen-bond donors (Lipinski definition) is 3. The number of rotatable bonds is 8. The van der Waals surface area contributed by atoms with Gasteiger partial charge in [-0.1, -0.05) is 11.6 Å². The molecule has 0 aliphatic carbocycles. The van der Waals surface area contributed by atoms with E-state index in [0.29, 0.717) is 37.1 Å². The summed E-state index contributed by atoms with van der Waals surface area (Å²) in [6.45, 7) is 1.50. The van der Waals surface area contributed by atoms with Gasteiger partial charge in [0.05, 0.1) is 19.8 Å². The molecule has 0 atom stereocenters. The highest BCUT2D eigenvalue weighted by Crippen LogP contribution is 2.23. The summed E-state index contributed by atoms with van der Waals surface area (Å²) in [5.41, 5.74) is 6.04. The summed E-state index contributed by atoms with van der Waals surface area (Å²) in [4.78, 5) is 8.16. The first kappa shape index (κ1) is 14.9. The van der Waals surface area contributed by atoms with E-state index >= 15 is 0 Å². The lowest BCUT2D eigenvalue weighted by Gasteiger charge is -2.10. The standard InChI is InChI=1S/C10H17ClN4O3/c1-17-6-7-14-9(11)8(12)10(15-7)13-2-4-18-5-3-16/h16H,2-6,12H2,1H3,(H,13,14,15). The minimum Gasteiger partial charge on any atom is -0.394 e. The van der Waals surface area contributed by atoms with Crippen LogP contribution in [-0.2, 0) is 16.1 Å². The summed E-state index contributed by atoms with van der Waals surface area (Å²) in [6.07, 6.45) is 0. The largest absolute Gasteiger partial charge is 0.394 e. The van der Waals surface area contributed by atoms with Crippen molar-refractivity contribution in [1.29, 1.82) is 0 Å². The maximum Gasteiger partial charge on any atom is 0.158 e. The predicted octanol–water partition coefficient (Wildman–Crippen LogP) is 0.279. The average Bonchev–Trinajstić information content (AvgIpc) is 2.35. The van der Waals surface area contributed by atoms with Gasteiger partial charge in [0.15, 0.2) is 16.8 Å². The van der Waals surface area contributed by atoms with Crippen molar-refractivity contribution in [2.24, 2.45) is 0 Å². The molecule has 18 heavy (non-hydrogen) atoms. The number of halogens is 1. The van der Waals surface area contributed by atoms with Crippen LogP contribution in [-0.4, -0.2) is 48.5 Å². The van der Waals surface area contributed by atoms with Gasteiger partial charge in [0.25, 0.3) is 0 Å². The molecule has 7 nitrogen and oxygen atoms in total. The number of nitrogens with zero attached hydrogens (tertiary/aromatic N) is 2. The zero-order valence-corrected chi connectivity index (χ0v) is 10.9. The topological polar surface area (TPSA) is 103 Å². The summed E-state index contributed by atoms with van der Waals surface area (Å²) >= 11 is 5.88. The smallest absolute Gasteiger partial charge is 0.158 e. The van der Waals surface area contributed by atoms with Gasteiger partial charge < -0.3 is 25.6 Å². The molecule has 0 radical (unpaired) electrons. The zero-order valence-electron chi connectivity index (χ0n) is 10.1. The summed E-state index contributed by atoms with van der Waals surface area (Å²) in [6, 6.07) is 0. The van der Waals surface area contributed by atoms with Gasteiger partial charge in [-0.05, 0) is 0 Å². The average molecular weight is 277 g/mol. The second-order valence-corrected chi connectivity index (χ2v) is 3.75. The van der Waals surface area contributed by atoms with Crippen molar-refractivity contribution in [2.45, 2.75) is 6.61 Å². The fourth-order valence-electron chi connectivity index (χ4n) is 1.22. The molecule has 8 heteroatoms. The van der Waals surface area contributed by atoms with E-state index in [2.05, 4.69) is 15.3 Å². The third-order valence-corrected chi connectivity index (χ3v) is 2.28. The fraction of sp³-hybridized carbons (Fsp3) is 0.600. The molecule has 0 aromatic carbocycles. The van der Waals surface area contributed by atoms with Crippen molar-refractivity contribution < 1.29 is 14.6 Å². The lowest BCUT2D eigenvalue weighted by Crippen LogP contribution is -2.14. The van der Waals surface area contributed by atoms with Crippen molar-refractivity contribution in [2.75, 3.05) is 44.5 Å². The number of ether oxygens (including phenoxy) is 2. The van der Waals surface area contributed by atoms with Gasteiger partial charge in [-0.3, -0.25) is 0 Å². The normalized spacial score (nSPS) is 10.6. The van der Waals surface area contributed by atoms with Gasteiger partial charge >= 0.3 is 0 Å². The van der Waals surface area contributed by atoms with Gasteiger partial charge in [-0.15, -0.1) is 0 Å². The molecule has 1 rings (SSSR count). The quantitative estimate of drug-likeness (QED) is 0.463. The van der Waals surface area contributed by atoms with E-state index in [0.717, 1.165) is 0 Å². The van der Waals surface area contributed by atoms with Crippen molar-refractivity contribution >= 4 is 23.1 Å². The Morgan fingerprint density at radius 2 is 2.17 bits per heavy atom. The number of aliphatic hydroxyl groups excluding tert-OH is 1. The first-order chi connectivity index (χ1) is 8.69. The van der Waals surface area contributed by atoms with Crippen LogP contribution in [0.1, 0.15) is 5.82 Å². The van der Waals surface area contributed by atoms with Crippen molar-refractivity contribution in [3.05, 3.63) is 11.0 Å². The molecule has 4 N–H and O–H groups in total. The number of methoxy groups -OCH3 is 1. The molecule has 102 valence electrons. The molecule has 0 aliphatic heterocycles. The fourth-order valence-corrected chi connectivity index (χ4v) is 1.41. The molecule has 1 heterocycles. The van der Waals surface area contributed by atoms with Gasteiger partial charge in [0.2, 0.25) is 0 Å². The van der Waals surface area contributed by atoms with Crippen LogP contribution in [0.4, 0.5) is 11.5 Å². The molecule has 0 saturated heterocycles. The van der Waals surface area contributed by atoms with Gasteiger partial charge in [-0.2, -0.15) is 0 Å². The van der Waals surface area contributed by atoms with Crippen LogP contribution >= 0.6 is 11.6 Å². The lowest BCUT2D eigenvalue weighted by atomic mass is 10.4. The van der Waals surface area contributed by atoms with Crippen LogP contribution in [0.3, 0.4) is 0 Å². The highest BCUT2D eigenvalue weighted by atomic mass is 35.5. The Kier molecular flexibility index (Phi) is 6.66. The Labute approximate surface area is 110 Å². The molecule has 0 bridgehead atoms. The Balaban J connectivity index is 2.57. The van der Waals surface area contributed by atoms with E-state index in [9.17, 15) is 0 Å². The SMILES string of the molecule is COCc1nc(Cl)c(N)c(NCCOCCO)n1. The van der Waals surface area contributed by atoms with Crippen molar-refractivity contribution in [3.8, 4) is 0 Å². The third kappa shape index (κ3) is 4.61. The third-order valence-electron chi connectivity index (χ3n) is 1.99. The highest BCUT2D eigenvalue weighted by Gasteiger charge is 2.09. The molecule has 0 aliphatic rings. The zero-order chi connectivity index (χ0) is 13.4. The second-order valence-electron chi connectivity index (χ2n) is 3.39. The number of nitrogen functional groups attached to an aromatic ring is 1. The van der Waals surface area contributed by atoms with E-state index in [1.807, 2.05) is 0 Å². The van der Waals surface area contributed by atoms with Crippen LogP contribution in [0.25, 0.3) is 0 Å². The van der Waals surface area contributed by atoms with Crippen molar-refractivity contribution in [1.82, 2.24) is 9.97 Å². The molecule has 0 amide bonds.